The lowest BCUT2D eigenvalue weighted by atomic mass is 9.91. The van der Waals surface area contributed by atoms with Crippen LogP contribution in [0, 0.1) is 20.8 Å². The maximum Gasteiger partial charge on any atom is 0.256 e. The Hall–Kier alpha value is -3.11. The second-order valence-corrected chi connectivity index (χ2v) is 11.1. The van der Waals surface area contributed by atoms with Crippen molar-refractivity contribution in [3.63, 3.8) is 0 Å². The maximum absolute atomic E-state index is 13.0. The summed E-state index contributed by atoms with van der Waals surface area (Å²) in [4.78, 5) is 30.6. The molecule has 0 bridgehead atoms. The van der Waals surface area contributed by atoms with E-state index in [-0.39, 0.29) is 29.3 Å². The molecule has 1 fully saturated rings. The van der Waals surface area contributed by atoms with Gasteiger partial charge >= 0.3 is 0 Å². The van der Waals surface area contributed by atoms with Crippen LogP contribution < -0.4 is 20.5 Å². The lowest BCUT2D eigenvalue weighted by Crippen LogP contribution is -2.41. The molecule has 0 unspecified atom stereocenters. The van der Waals surface area contributed by atoms with E-state index in [4.69, 9.17) is 10.5 Å². The van der Waals surface area contributed by atoms with Crippen molar-refractivity contribution in [3.05, 3.63) is 68.0 Å². The van der Waals surface area contributed by atoms with Gasteiger partial charge in [-0.2, -0.15) is 0 Å². The van der Waals surface area contributed by atoms with Crippen molar-refractivity contribution in [2.45, 2.75) is 53.0 Å². The molecule has 3 N–H and O–H groups in total. The van der Waals surface area contributed by atoms with Gasteiger partial charge < -0.3 is 20.4 Å². The average molecular weight is 517 g/mol. The molecule has 2 aromatic rings. The van der Waals surface area contributed by atoms with E-state index in [1.165, 1.54) is 13.1 Å². The van der Waals surface area contributed by atoms with Gasteiger partial charge in [-0.3, -0.25) is 13.9 Å². The number of amides is 1. The summed E-state index contributed by atoms with van der Waals surface area (Å²) in [7, 11) is -2.49. The van der Waals surface area contributed by atoms with Gasteiger partial charge in [0.25, 0.3) is 15.6 Å². The van der Waals surface area contributed by atoms with Crippen LogP contribution in [0.2, 0.25) is 0 Å². The van der Waals surface area contributed by atoms with E-state index in [2.05, 4.69) is 16.5 Å². The number of sulfonamides is 1. The highest BCUT2D eigenvalue weighted by atomic mass is 32.2. The smallest absolute Gasteiger partial charge is 0.256 e. The Bertz CT molecular complexity index is 1330. The molecule has 3 rings (SSSR count). The Morgan fingerprint density at radius 3 is 2.39 bits per heavy atom. The Morgan fingerprint density at radius 1 is 1.22 bits per heavy atom. The van der Waals surface area contributed by atoms with Gasteiger partial charge in [-0.1, -0.05) is 6.58 Å². The van der Waals surface area contributed by atoms with Crippen LogP contribution in [0.15, 0.2) is 28.9 Å². The summed E-state index contributed by atoms with van der Waals surface area (Å²) in [5.74, 6) is -0.654. The molecular formula is C26H36N4O5S. The molecule has 1 aromatic carbocycles. The minimum Gasteiger partial charge on any atom is -0.381 e. The number of H-pyrrole nitrogens is 1. The molecule has 1 saturated heterocycles. The number of carbonyl (C=O) groups excluding carboxylic acids is 1. The molecule has 0 spiro atoms. The van der Waals surface area contributed by atoms with Crippen molar-refractivity contribution in [3.8, 4) is 0 Å². The summed E-state index contributed by atoms with van der Waals surface area (Å²) in [5.41, 5.74) is 10.1. The normalized spacial score (nSPS) is 14.5. The highest BCUT2D eigenvalue weighted by Gasteiger charge is 2.31. The fraction of sp³-hybridized carbons (Fsp3) is 0.462. The minimum absolute atomic E-state index is 0.121. The highest BCUT2D eigenvalue weighted by Crippen LogP contribution is 2.40. The van der Waals surface area contributed by atoms with Gasteiger partial charge in [0.15, 0.2) is 0 Å². The number of hydrogen-bond donors (Lipinski definition) is 2. The van der Waals surface area contributed by atoms with Gasteiger partial charge in [-0.25, -0.2) is 8.42 Å². The Kier molecular flexibility index (Phi) is 8.30. The van der Waals surface area contributed by atoms with Crippen LogP contribution in [0.4, 0.5) is 11.4 Å². The SMILES string of the molecule is C=CS(=O)(=O)N(C)c1cc(C(N)=O)c(C)c(N(CC)C2CCOCC2)c1Cc1c(C)cc(C)[nH]c1=O. The van der Waals surface area contributed by atoms with E-state index >= 15 is 0 Å². The molecule has 2 heterocycles. The number of carbonyl (C=O) groups is 1. The van der Waals surface area contributed by atoms with Crippen LogP contribution in [0.25, 0.3) is 0 Å². The molecule has 0 radical (unpaired) electrons. The second-order valence-electron chi connectivity index (χ2n) is 9.19. The molecule has 9 nitrogen and oxygen atoms in total. The largest absolute Gasteiger partial charge is 0.381 e. The number of ether oxygens (including phenoxy) is 1. The van der Waals surface area contributed by atoms with Gasteiger partial charge in [0.2, 0.25) is 5.91 Å². The van der Waals surface area contributed by atoms with E-state index in [0.29, 0.717) is 36.4 Å². The third-order valence-electron chi connectivity index (χ3n) is 6.94. The number of pyridine rings is 1. The molecule has 0 saturated carbocycles. The van der Waals surface area contributed by atoms with Crippen molar-refractivity contribution in [1.82, 2.24) is 4.98 Å². The zero-order valence-electron chi connectivity index (χ0n) is 21.7. The number of aryl methyl sites for hydroxylation is 2. The van der Waals surface area contributed by atoms with Crippen LogP contribution in [0.5, 0.6) is 0 Å². The number of aromatic amines is 1. The highest BCUT2D eigenvalue weighted by molar-refractivity contribution is 7.95. The number of hydrogen-bond acceptors (Lipinski definition) is 6. The lowest BCUT2D eigenvalue weighted by Gasteiger charge is -2.39. The summed E-state index contributed by atoms with van der Waals surface area (Å²) in [6.07, 6.45) is 1.74. The fourth-order valence-electron chi connectivity index (χ4n) is 5.03. The van der Waals surface area contributed by atoms with Crippen LogP contribution in [-0.4, -0.2) is 52.2 Å². The number of primary amides is 1. The van der Waals surface area contributed by atoms with Gasteiger partial charge in [0.05, 0.1) is 5.69 Å². The van der Waals surface area contributed by atoms with Crippen molar-refractivity contribution in [2.24, 2.45) is 5.73 Å². The summed E-state index contributed by atoms with van der Waals surface area (Å²) in [6, 6.07) is 3.52. The van der Waals surface area contributed by atoms with Gasteiger partial charge in [0.1, 0.15) is 0 Å². The Labute approximate surface area is 213 Å². The number of nitrogens with two attached hydrogens (primary N) is 1. The average Bonchev–Trinajstić information content (AvgIpc) is 2.83. The number of rotatable bonds is 9. The van der Waals surface area contributed by atoms with Gasteiger partial charge in [0, 0.05) is 72.7 Å². The molecular weight excluding hydrogens is 480 g/mol. The van der Waals surface area contributed by atoms with E-state index < -0.39 is 15.9 Å². The van der Waals surface area contributed by atoms with Crippen LogP contribution >= 0.6 is 0 Å². The summed E-state index contributed by atoms with van der Waals surface area (Å²) >= 11 is 0. The monoisotopic (exact) mass is 516 g/mol. The standard InChI is InChI=1S/C26H36N4O5S/c1-7-30(19-9-11-35-12-10-19)24-18(5)21(25(27)31)15-23(29(6)36(33,34)8-2)22(24)14-20-16(3)13-17(4)28-26(20)32/h8,13,15,19H,2,7,9-12,14H2,1,3-6H3,(H2,27,31)(H,28,32). The van der Waals surface area contributed by atoms with Crippen molar-refractivity contribution < 1.29 is 17.9 Å². The first-order valence-electron chi connectivity index (χ1n) is 12.0. The molecule has 1 amide bonds. The predicted molar refractivity (Wildman–Crippen MR) is 143 cm³/mol. The first kappa shape index (κ1) is 27.5. The van der Waals surface area contributed by atoms with Crippen LogP contribution in [-0.2, 0) is 21.2 Å². The van der Waals surface area contributed by atoms with Crippen molar-refractivity contribution in [1.29, 1.82) is 0 Å². The van der Waals surface area contributed by atoms with Crippen molar-refractivity contribution in [2.75, 3.05) is 36.0 Å². The minimum atomic E-state index is -3.90. The first-order valence-corrected chi connectivity index (χ1v) is 13.5. The van der Waals surface area contributed by atoms with Crippen LogP contribution in [0.3, 0.4) is 0 Å². The lowest BCUT2D eigenvalue weighted by molar-refractivity contribution is 0.0845. The molecule has 1 aliphatic heterocycles. The maximum atomic E-state index is 13.0. The van der Waals surface area contributed by atoms with E-state index in [0.717, 1.165) is 39.5 Å². The number of aromatic nitrogens is 1. The first-order chi connectivity index (χ1) is 16.9. The molecule has 1 aliphatic rings. The van der Waals surface area contributed by atoms with Gasteiger partial charge in [-0.15, -0.1) is 0 Å². The van der Waals surface area contributed by atoms with E-state index in [9.17, 15) is 18.0 Å². The molecule has 0 aliphatic carbocycles. The number of nitrogens with zero attached hydrogens (tertiary/aromatic N) is 2. The summed E-state index contributed by atoms with van der Waals surface area (Å²) < 4.78 is 32.5. The third kappa shape index (κ3) is 5.34. The molecule has 10 heteroatoms. The topological polar surface area (TPSA) is 126 Å². The fourth-order valence-corrected chi connectivity index (χ4v) is 5.69. The Morgan fingerprint density at radius 2 is 1.86 bits per heavy atom. The Balaban J connectivity index is 2.41. The molecule has 196 valence electrons. The van der Waals surface area contributed by atoms with E-state index in [1.807, 2.05) is 33.8 Å². The zero-order valence-corrected chi connectivity index (χ0v) is 22.5. The quantitative estimate of drug-likeness (QED) is 0.528. The third-order valence-corrected chi connectivity index (χ3v) is 8.32. The summed E-state index contributed by atoms with van der Waals surface area (Å²) in [6.45, 7) is 12.8. The number of anilines is 2. The zero-order chi connectivity index (χ0) is 26.8. The molecule has 0 atom stereocenters. The van der Waals surface area contributed by atoms with Crippen molar-refractivity contribution >= 4 is 27.3 Å². The number of benzene rings is 1. The second kappa shape index (κ2) is 10.9. The van der Waals surface area contributed by atoms with Crippen LogP contribution in [0.1, 0.15) is 58.1 Å². The molecule has 36 heavy (non-hydrogen) atoms. The number of nitrogens with one attached hydrogen (secondary N) is 1. The summed E-state index contributed by atoms with van der Waals surface area (Å²) in [5, 5.41) is 0.861. The predicted octanol–water partition coefficient (Wildman–Crippen LogP) is 2.90. The van der Waals surface area contributed by atoms with Gasteiger partial charge in [-0.05, 0) is 63.8 Å². The molecule has 1 aromatic heterocycles. The van der Waals surface area contributed by atoms with E-state index in [1.54, 1.807) is 0 Å².